The number of carbonyl (C=O) groups excluding carboxylic acids is 1. The lowest BCUT2D eigenvalue weighted by Gasteiger charge is -2.31. The molecule has 5 rings (SSSR count). The van der Waals surface area contributed by atoms with Crippen LogP contribution >= 0.6 is 24.8 Å². The van der Waals surface area contributed by atoms with E-state index in [1.54, 1.807) is 12.1 Å². The van der Waals surface area contributed by atoms with Crippen molar-refractivity contribution in [1.82, 2.24) is 9.80 Å². The maximum atomic E-state index is 13.0. The van der Waals surface area contributed by atoms with Gasteiger partial charge in [0.2, 0.25) is 0 Å². The number of hydrogen-bond donors (Lipinski definition) is 0. The highest BCUT2D eigenvalue weighted by Crippen LogP contribution is 2.27. The van der Waals surface area contributed by atoms with Gasteiger partial charge in [-0.05, 0) is 80.3 Å². The fraction of sp³-hybridized carbons (Fsp3) is 0.424. The van der Waals surface area contributed by atoms with Gasteiger partial charge < -0.3 is 0 Å². The first-order valence-electron chi connectivity index (χ1n) is 14.4. The Morgan fingerprint density at radius 2 is 1.46 bits per heavy atom. The van der Waals surface area contributed by atoms with Gasteiger partial charge in [0.1, 0.15) is 0 Å². The normalized spacial score (nSPS) is 16.1. The number of likely N-dealkylation sites (tertiary alicyclic amines) is 1. The second kappa shape index (κ2) is 16.0. The van der Waals surface area contributed by atoms with Crippen LogP contribution in [0.3, 0.4) is 0 Å². The number of nitro groups is 1. The Hall–Kier alpha value is -2.77. The quantitative estimate of drug-likeness (QED) is 0.139. The van der Waals surface area contributed by atoms with E-state index in [9.17, 15) is 14.9 Å². The van der Waals surface area contributed by atoms with Crippen LogP contribution in [0.5, 0.6) is 0 Å². The van der Waals surface area contributed by atoms with E-state index in [0.29, 0.717) is 18.9 Å². The van der Waals surface area contributed by atoms with E-state index in [4.69, 9.17) is 0 Å². The molecule has 1 saturated heterocycles. The Balaban J connectivity index is 0.00000231. The van der Waals surface area contributed by atoms with E-state index in [1.165, 1.54) is 16.7 Å². The number of Topliss-reactive ketones (excluding diaryl/α,β-unsaturated/α-hetero) is 1. The van der Waals surface area contributed by atoms with E-state index < -0.39 is 0 Å². The van der Waals surface area contributed by atoms with Gasteiger partial charge in [0, 0.05) is 49.8 Å². The van der Waals surface area contributed by atoms with Crippen molar-refractivity contribution in [2.45, 2.75) is 58.0 Å². The van der Waals surface area contributed by atoms with E-state index in [-0.39, 0.29) is 41.2 Å². The van der Waals surface area contributed by atoms with Crippen LogP contribution in [0.25, 0.3) is 0 Å². The first-order valence-corrected chi connectivity index (χ1v) is 14.4. The number of ketones is 1. The molecule has 1 fully saturated rings. The van der Waals surface area contributed by atoms with Crippen molar-refractivity contribution in [1.29, 1.82) is 0 Å². The molecule has 0 unspecified atom stereocenters. The highest BCUT2D eigenvalue weighted by Gasteiger charge is 2.22. The number of piperidine rings is 1. The van der Waals surface area contributed by atoms with Gasteiger partial charge in [-0.25, -0.2) is 0 Å². The number of benzene rings is 3. The average molecular weight is 599 g/mol. The topological polar surface area (TPSA) is 66.7 Å². The minimum atomic E-state index is -0.288. The molecule has 220 valence electrons. The second-order valence-electron chi connectivity index (χ2n) is 11.2. The maximum Gasteiger partial charge on any atom is 0.273 e. The van der Waals surface area contributed by atoms with Crippen molar-refractivity contribution in [3.8, 4) is 0 Å². The molecular weight excluding hydrogens is 557 g/mol. The predicted octanol–water partition coefficient (Wildman–Crippen LogP) is 7.30. The smallest absolute Gasteiger partial charge is 0.273 e. The fourth-order valence-electron chi connectivity index (χ4n) is 6.14. The van der Waals surface area contributed by atoms with Crippen molar-refractivity contribution in [3.05, 3.63) is 111 Å². The van der Waals surface area contributed by atoms with Gasteiger partial charge in [0.05, 0.1) is 4.92 Å². The summed E-state index contributed by atoms with van der Waals surface area (Å²) in [6.07, 6.45) is 6.82. The first kappa shape index (κ1) is 32.7. The van der Waals surface area contributed by atoms with Gasteiger partial charge in [0.15, 0.2) is 5.78 Å². The summed E-state index contributed by atoms with van der Waals surface area (Å²) in [6.45, 7) is 5.59. The molecule has 2 heterocycles. The molecule has 0 amide bonds. The van der Waals surface area contributed by atoms with Crippen molar-refractivity contribution in [3.63, 3.8) is 0 Å². The van der Waals surface area contributed by atoms with E-state index >= 15 is 0 Å². The van der Waals surface area contributed by atoms with Crippen LogP contribution in [0.1, 0.15) is 64.7 Å². The lowest BCUT2D eigenvalue weighted by atomic mass is 9.90. The highest BCUT2D eigenvalue weighted by molar-refractivity contribution is 5.96. The Bertz CT molecular complexity index is 1280. The van der Waals surface area contributed by atoms with Gasteiger partial charge in [-0.15, -0.1) is 24.8 Å². The third kappa shape index (κ3) is 9.11. The Morgan fingerprint density at radius 3 is 2.20 bits per heavy atom. The lowest BCUT2D eigenvalue weighted by molar-refractivity contribution is -0.385. The van der Waals surface area contributed by atoms with Crippen LogP contribution in [-0.4, -0.2) is 46.7 Å². The zero-order valence-corrected chi connectivity index (χ0v) is 25.2. The Morgan fingerprint density at radius 1 is 0.805 bits per heavy atom. The van der Waals surface area contributed by atoms with E-state index in [2.05, 4.69) is 52.3 Å². The number of para-hydroxylation sites is 1. The molecule has 0 N–H and O–H groups in total. The van der Waals surface area contributed by atoms with Gasteiger partial charge in [-0.2, -0.15) is 0 Å². The number of nitro benzene ring substituents is 1. The summed E-state index contributed by atoms with van der Waals surface area (Å²) < 4.78 is 0. The molecule has 0 bridgehead atoms. The van der Waals surface area contributed by atoms with Crippen LogP contribution < -0.4 is 0 Å². The summed E-state index contributed by atoms with van der Waals surface area (Å²) in [5.74, 6) is 0.888. The zero-order chi connectivity index (χ0) is 27.0. The van der Waals surface area contributed by atoms with Crippen LogP contribution in [0.4, 0.5) is 5.69 Å². The van der Waals surface area contributed by atoms with E-state index in [1.807, 2.05) is 18.2 Å². The number of halogens is 2. The second-order valence-corrected chi connectivity index (χ2v) is 11.2. The summed E-state index contributed by atoms with van der Waals surface area (Å²) in [5.41, 5.74) is 5.93. The molecule has 41 heavy (non-hydrogen) atoms. The van der Waals surface area contributed by atoms with Crippen molar-refractivity contribution >= 4 is 36.3 Å². The minimum Gasteiger partial charge on any atom is -0.299 e. The highest BCUT2D eigenvalue weighted by atomic mass is 35.5. The molecule has 3 aromatic carbocycles. The van der Waals surface area contributed by atoms with E-state index in [0.717, 1.165) is 82.4 Å². The predicted molar refractivity (Wildman–Crippen MR) is 169 cm³/mol. The largest absolute Gasteiger partial charge is 0.299 e. The minimum absolute atomic E-state index is 0. The van der Waals surface area contributed by atoms with Crippen molar-refractivity contribution in [2.24, 2.45) is 5.92 Å². The summed E-state index contributed by atoms with van der Waals surface area (Å²) in [6, 6.07) is 24.1. The van der Waals surface area contributed by atoms with Gasteiger partial charge in [-0.3, -0.25) is 24.7 Å². The first-order chi connectivity index (χ1) is 19.0. The lowest BCUT2D eigenvalue weighted by Crippen LogP contribution is -2.33. The number of nitrogens with zero attached hydrogens (tertiary/aromatic N) is 3. The number of fused-ring (bicyclic) bond motifs is 1. The SMILES string of the molecule is Cl.Cl.O=C(CCCC1CCN(Cc2ccccc2[N+](=O)[O-])CC1)c1ccc2c(c1)CCN(Cc1ccccc1)CC2. The van der Waals surface area contributed by atoms with Crippen molar-refractivity contribution < 1.29 is 9.72 Å². The van der Waals surface area contributed by atoms with Crippen molar-refractivity contribution in [2.75, 3.05) is 26.2 Å². The molecule has 6 nitrogen and oxygen atoms in total. The molecule has 0 atom stereocenters. The van der Waals surface area contributed by atoms with Gasteiger partial charge >= 0.3 is 0 Å². The fourth-order valence-corrected chi connectivity index (χ4v) is 6.14. The Kier molecular flexibility index (Phi) is 12.8. The summed E-state index contributed by atoms with van der Waals surface area (Å²) in [4.78, 5) is 28.9. The van der Waals surface area contributed by atoms with Gasteiger partial charge in [0.25, 0.3) is 5.69 Å². The standard InChI is InChI=1S/C33H39N3O3.2ClH/c37-33(12-6-9-26-15-19-35(20-16-26)25-31-10-4-5-11-32(31)36(38)39)30-14-13-28-17-21-34(22-18-29(28)23-30)24-27-7-2-1-3-8-27;;/h1-5,7-8,10-11,13-14,23,26H,6,9,12,15-22,24-25H2;2*1H. The molecule has 0 aromatic heterocycles. The number of carbonyl (C=O) groups is 1. The molecular formula is C33H41Cl2N3O3. The number of rotatable bonds is 10. The molecule has 0 aliphatic carbocycles. The van der Waals surface area contributed by atoms with Crippen LogP contribution in [-0.2, 0) is 25.9 Å². The molecule has 3 aromatic rings. The summed E-state index contributed by atoms with van der Waals surface area (Å²) >= 11 is 0. The molecule has 8 heteroatoms. The maximum absolute atomic E-state index is 13.0. The summed E-state index contributed by atoms with van der Waals surface area (Å²) in [7, 11) is 0. The monoisotopic (exact) mass is 597 g/mol. The molecule has 0 radical (unpaired) electrons. The van der Waals surface area contributed by atoms with Gasteiger partial charge in [-0.1, -0.05) is 60.7 Å². The van der Waals surface area contributed by atoms with Crippen LogP contribution in [0, 0.1) is 16.0 Å². The third-order valence-electron chi connectivity index (χ3n) is 8.48. The zero-order valence-electron chi connectivity index (χ0n) is 23.6. The summed E-state index contributed by atoms with van der Waals surface area (Å²) in [5, 5.41) is 11.3. The average Bonchev–Trinajstić information content (AvgIpc) is 3.16. The molecule has 2 aliphatic heterocycles. The third-order valence-corrected chi connectivity index (χ3v) is 8.48. The molecule has 0 saturated carbocycles. The van der Waals surface area contributed by atoms with Crippen LogP contribution in [0.2, 0.25) is 0 Å². The Labute approximate surface area is 256 Å². The molecule has 2 aliphatic rings. The number of hydrogen-bond acceptors (Lipinski definition) is 5. The van der Waals surface area contributed by atoms with Crippen LogP contribution in [0.15, 0.2) is 72.8 Å². The molecule has 0 spiro atoms.